The Bertz CT molecular complexity index is 1140. The zero-order valence-corrected chi connectivity index (χ0v) is 17.6. The van der Waals surface area contributed by atoms with Gasteiger partial charge < -0.3 is 19.9 Å². The highest BCUT2D eigenvalue weighted by molar-refractivity contribution is 6.07. The number of ether oxygens (including phenoxy) is 1. The van der Waals surface area contributed by atoms with Gasteiger partial charge in [0, 0.05) is 36.5 Å². The van der Waals surface area contributed by atoms with E-state index in [0.29, 0.717) is 29.9 Å². The molecule has 2 aliphatic heterocycles. The van der Waals surface area contributed by atoms with Gasteiger partial charge in [0.15, 0.2) is 0 Å². The summed E-state index contributed by atoms with van der Waals surface area (Å²) in [6.07, 6.45) is 5.60. The Morgan fingerprint density at radius 3 is 2.68 bits per heavy atom. The van der Waals surface area contributed by atoms with E-state index >= 15 is 0 Å². The van der Waals surface area contributed by atoms with Crippen LogP contribution < -0.4 is 5.32 Å². The molecule has 2 fully saturated rings. The molecule has 2 aliphatic rings. The summed E-state index contributed by atoms with van der Waals surface area (Å²) in [6.45, 7) is 4.17. The Balaban J connectivity index is 1.30. The summed E-state index contributed by atoms with van der Waals surface area (Å²) in [4.78, 5) is 35.0. The molecule has 2 aromatic carbocycles. The number of amides is 2. The van der Waals surface area contributed by atoms with Gasteiger partial charge in [-0.15, -0.1) is 0 Å². The van der Waals surface area contributed by atoms with Gasteiger partial charge >= 0.3 is 0 Å². The van der Waals surface area contributed by atoms with Crippen LogP contribution in [-0.4, -0.2) is 52.0 Å². The second-order valence-electron chi connectivity index (χ2n) is 8.55. The SMILES string of the molecule is Cc1ccc(C(=O)N2CCC3(CCCO3)CC2)cc1NC(=O)c1ccc2nc[nH]c2c1. The van der Waals surface area contributed by atoms with Crippen molar-refractivity contribution >= 4 is 28.5 Å². The molecule has 2 saturated heterocycles. The van der Waals surface area contributed by atoms with Crippen molar-refractivity contribution < 1.29 is 14.3 Å². The molecule has 160 valence electrons. The summed E-state index contributed by atoms with van der Waals surface area (Å²) in [6, 6.07) is 10.8. The van der Waals surface area contributed by atoms with Crippen molar-refractivity contribution in [1.82, 2.24) is 14.9 Å². The maximum Gasteiger partial charge on any atom is 0.255 e. The van der Waals surface area contributed by atoms with Gasteiger partial charge in [-0.3, -0.25) is 9.59 Å². The van der Waals surface area contributed by atoms with Gasteiger partial charge in [0.1, 0.15) is 0 Å². The number of imidazole rings is 1. The number of fused-ring (bicyclic) bond motifs is 1. The number of likely N-dealkylation sites (tertiary alicyclic amines) is 1. The van der Waals surface area contributed by atoms with Crippen LogP contribution in [0.4, 0.5) is 5.69 Å². The summed E-state index contributed by atoms with van der Waals surface area (Å²) in [5.74, 6) is -0.218. The first kappa shape index (κ1) is 19.8. The third-order valence-electron chi connectivity index (χ3n) is 6.56. The smallest absolute Gasteiger partial charge is 0.255 e. The maximum atomic E-state index is 13.1. The highest BCUT2D eigenvalue weighted by Crippen LogP contribution is 2.36. The fourth-order valence-corrected chi connectivity index (χ4v) is 4.61. The average molecular weight is 418 g/mol. The first-order valence-electron chi connectivity index (χ1n) is 10.8. The number of carbonyl (C=O) groups is 2. The van der Waals surface area contributed by atoms with E-state index in [9.17, 15) is 9.59 Å². The largest absolute Gasteiger partial charge is 0.375 e. The number of aryl methyl sites for hydroxylation is 1. The molecule has 0 unspecified atom stereocenters. The predicted octanol–water partition coefficient (Wildman–Crippen LogP) is 3.91. The Labute approximate surface area is 180 Å². The standard InChI is InChI=1S/C24H26N4O3/c1-16-3-4-18(23(30)28-10-8-24(9-11-28)7-2-12-31-24)14-20(16)27-22(29)17-5-6-19-21(13-17)26-15-25-19/h3-6,13-15H,2,7-12H2,1H3,(H,25,26)(H,27,29). The van der Waals surface area contributed by atoms with Crippen LogP contribution in [0.5, 0.6) is 0 Å². The van der Waals surface area contributed by atoms with Crippen molar-refractivity contribution in [2.24, 2.45) is 0 Å². The topological polar surface area (TPSA) is 87.3 Å². The van der Waals surface area contributed by atoms with E-state index < -0.39 is 0 Å². The van der Waals surface area contributed by atoms with Crippen molar-refractivity contribution in [2.75, 3.05) is 25.0 Å². The lowest BCUT2D eigenvalue weighted by Crippen LogP contribution is -2.46. The minimum absolute atomic E-state index is 0.00206. The van der Waals surface area contributed by atoms with Gasteiger partial charge in [-0.1, -0.05) is 6.07 Å². The Morgan fingerprint density at radius 1 is 1.10 bits per heavy atom. The molecule has 31 heavy (non-hydrogen) atoms. The fourth-order valence-electron chi connectivity index (χ4n) is 4.61. The van der Waals surface area contributed by atoms with Crippen molar-refractivity contribution in [1.29, 1.82) is 0 Å². The van der Waals surface area contributed by atoms with Gasteiger partial charge in [0.25, 0.3) is 11.8 Å². The number of anilines is 1. The van der Waals surface area contributed by atoms with Gasteiger partial charge in [0.05, 0.1) is 23.0 Å². The van der Waals surface area contributed by atoms with Gasteiger partial charge in [0.2, 0.25) is 0 Å². The fraction of sp³-hybridized carbons (Fsp3) is 0.375. The number of hydrogen-bond acceptors (Lipinski definition) is 4. The number of hydrogen-bond donors (Lipinski definition) is 2. The normalized spacial score (nSPS) is 17.9. The highest BCUT2D eigenvalue weighted by atomic mass is 16.5. The van der Waals surface area contributed by atoms with E-state index in [1.54, 1.807) is 24.5 Å². The summed E-state index contributed by atoms with van der Waals surface area (Å²) in [5.41, 5.74) is 4.28. The minimum Gasteiger partial charge on any atom is -0.375 e. The molecule has 7 nitrogen and oxygen atoms in total. The molecular weight excluding hydrogens is 392 g/mol. The van der Waals surface area contributed by atoms with E-state index in [0.717, 1.165) is 48.9 Å². The zero-order valence-electron chi connectivity index (χ0n) is 17.6. The monoisotopic (exact) mass is 418 g/mol. The summed E-state index contributed by atoms with van der Waals surface area (Å²) < 4.78 is 5.97. The number of nitrogens with one attached hydrogen (secondary N) is 2. The van der Waals surface area contributed by atoms with Crippen molar-refractivity contribution in [3.8, 4) is 0 Å². The van der Waals surface area contributed by atoms with Crippen molar-refractivity contribution in [3.63, 3.8) is 0 Å². The van der Waals surface area contributed by atoms with Crippen molar-refractivity contribution in [2.45, 2.75) is 38.2 Å². The summed E-state index contributed by atoms with van der Waals surface area (Å²) >= 11 is 0. The number of benzene rings is 2. The number of aromatic nitrogens is 2. The van der Waals surface area contributed by atoms with Gasteiger partial charge in [-0.2, -0.15) is 0 Å². The first-order valence-corrected chi connectivity index (χ1v) is 10.8. The summed E-state index contributed by atoms with van der Waals surface area (Å²) in [5, 5.41) is 2.96. The number of piperidine rings is 1. The van der Waals surface area contributed by atoms with E-state index in [1.165, 1.54) is 0 Å². The molecular formula is C24H26N4O3. The number of H-pyrrole nitrogens is 1. The predicted molar refractivity (Wildman–Crippen MR) is 118 cm³/mol. The van der Waals surface area contributed by atoms with Gasteiger partial charge in [-0.25, -0.2) is 4.98 Å². The number of rotatable bonds is 3. The molecule has 3 heterocycles. The molecule has 3 aromatic rings. The highest BCUT2D eigenvalue weighted by Gasteiger charge is 2.39. The molecule has 0 aliphatic carbocycles. The van der Waals surface area contributed by atoms with Gasteiger partial charge in [-0.05, 0) is 68.5 Å². The molecule has 5 rings (SSSR count). The van der Waals surface area contributed by atoms with Crippen LogP contribution in [0, 0.1) is 6.92 Å². The Kier molecular flexibility index (Phi) is 4.98. The van der Waals surface area contributed by atoms with E-state index in [2.05, 4.69) is 15.3 Å². The second kappa shape index (κ2) is 7.81. The van der Waals surface area contributed by atoms with Crippen LogP contribution in [0.25, 0.3) is 11.0 Å². The molecule has 1 spiro atoms. The van der Waals surface area contributed by atoms with Crippen LogP contribution in [0.1, 0.15) is 52.0 Å². The maximum absolute atomic E-state index is 13.1. The molecule has 2 N–H and O–H groups in total. The van der Waals surface area contributed by atoms with Crippen LogP contribution >= 0.6 is 0 Å². The van der Waals surface area contributed by atoms with Crippen LogP contribution in [0.3, 0.4) is 0 Å². The molecule has 2 amide bonds. The number of carbonyl (C=O) groups excluding carboxylic acids is 2. The lowest BCUT2D eigenvalue weighted by atomic mass is 9.88. The second-order valence-corrected chi connectivity index (χ2v) is 8.55. The average Bonchev–Trinajstić information content (AvgIpc) is 3.44. The summed E-state index contributed by atoms with van der Waals surface area (Å²) in [7, 11) is 0. The van der Waals surface area contributed by atoms with Crippen LogP contribution in [0.2, 0.25) is 0 Å². The molecule has 0 radical (unpaired) electrons. The molecule has 7 heteroatoms. The Hall–Kier alpha value is -3.19. The van der Waals surface area contributed by atoms with Crippen LogP contribution in [-0.2, 0) is 4.74 Å². The van der Waals surface area contributed by atoms with E-state index in [4.69, 9.17) is 4.74 Å². The number of nitrogens with zero attached hydrogens (tertiary/aromatic N) is 2. The minimum atomic E-state index is -0.220. The number of aromatic amines is 1. The lowest BCUT2D eigenvalue weighted by molar-refractivity contribution is -0.0387. The molecule has 0 saturated carbocycles. The van der Waals surface area contributed by atoms with Crippen LogP contribution in [0.15, 0.2) is 42.7 Å². The van der Waals surface area contributed by atoms with E-state index in [-0.39, 0.29) is 17.4 Å². The molecule has 1 aromatic heterocycles. The third kappa shape index (κ3) is 3.81. The quantitative estimate of drug-likeness (QED) is 0.675. The van der Waals surface area contributed by atoms with Crippen molar-refractivity contribution in [3.05, 3.63) is 59.4 Å². The van der Waals surface area contributed by atoms with E-state index in [1.807, 2.05) is 30.0 Å². The molecule has 0 bridgehead atoms. The first-order chi connectivity index (χ1) is 15.0. The third-order valence-corrected chi connectivity index (χ3v) is 6.56. The lowest BCUT2D eigenvalue weighted by Gasteiger charge is -2.38. The zero-order chi connectivity index (χ0) is 21.4. The molecule has 0 atom stereocenters. The Morgan fingerprint density at radius 2 is 1.90 bits per heavy atom.